The minimum absolute atomic E-state index is 0.0774. The van der Waals surface area contributed by atoms with E-state index in [9.17, 15) is 9.59 Å². The number of amides is 2. The molecule has 1 saturated heterocycles. The molecule has 1 aliphatic rings. The quantitative estimate of drug-likeness (QED) is 0.665. The molecule has 30 heavy (non-hydrogen) atoms. The number of carbonyl (C=O) groups excluding carboxylic acids is 2. The molecule has 0 radical (unpaired) electrons. The number of rotatable bonds is 5. The Morgan fingerprint density at radius 3 is 2.47 bits per heavy atom. The first-order valence-electron chi connectivity index (χ1n) is 9.65. The standard InChI is InChI=1S/C22H22N4O3S/c1-13-4-7-19(10-14(13)2)29-18-8-5-17(6-9-18)26-12-16(11-20(26)27)21(28)23-22-25-24-15(3)30-22/h4-10,16H,11-12H2,1-3H3,(H,23,25,28)/t16-/m1/s1. The molecule has 8 heteroatoms. The molecule has 2 heterocycles. The van der Waals surface area contributed by atoms with Crippen LogP contribution in [0.4, 0.5) is 10.8 Å². The smallest absolute Gasteiger partial charge is 0.231 e. The van der Waals surface area contributed by atoms with Crippen molar-refractivity contribution in [2.75, 3.05) is 16.8 Å². The van der Waals surface area contributed by atoms with Crippen LogP contribution >= 0.6 is 11.3 Å². The highest BCUT2D eigenvalue weighted by molar-refractivity contribution is 7.15. The Morgan fingerprint density at radius 1 is 1.07 bits per heavy atom. The number of aromatic nitrogens is 2. The summed E-state index contributed by atoms with van der Waals surface area (Å²) in [4.78, 5) is 26.6. The summed E-state index contributed by atoms with van der Waals surface area (Å²) in [5, 5.41) is 11.8. The number of hydrogen-bond donors (Lipinski definition) is 1. The first kappa shape index (κ1) is 20.0. The van der Waals surface area contributed by atoms with Gasteiger partial charge in [-0.25, -0.2) is 0 Å². The highest BCUT2D eigenvalue weighted by Gasteiger charge is 2.35. The van der Waals surface area contributed by atoms with Gasteiger partial charge in [-0.1, -0.05) is 17.4 Å². The van der Waals surface area contributed by atoms with Crippen molar-refractivity contribution in [2.24, 2.45) is 5.92 Å². The van der Waals surface area contributed by atoms with Gasteiger partial charge in [0.15, 0.2) is 0 Å². The SMILES string of the molecule is Cc1nnc(NC(=O)[C@@H]2CC(=O)N(c3ccc(Oc4ccc(C)c(C)c4)cc3)C2)s1. The largest absolute Gasteiger partial charge is 0.457 e. The molecule has 1 fully saturated rings. The normalized spacial score (nSPS) is 16.0. The lowest BCUT2D eigenvalue weighted by Crippen LogP contribution is -2.28. The summed E-state index contributed by atoms with van der Waals surface area (Å²) < 4.78 is 5.91. The second-order valence-corrected chi connectivity index (χ2v) is 8.54. The Kier molecular flexibility index (Phi) is 5.50. The maximum absolute atomic E-state index is 12.5. The van der Waals surface area contributed by atoms with E-state index in [1.807, 2.05) is 56.3 Å². The zero-order chi connectivity index (χ0) is 21.3. The lowest BCUT2D eigenvalue weighted by Gasteiger charge is -2.17. The number of ether oxygens (including phenoxy) is 1. The summed E-state index contributed by atoms with van der Waals surface area (Å²) in [6.45, 7) is 6.26. The second-order valence-electron chi connectivity index (χ2n) is 7.36. The maximum atomic E-state index is 12.5. The summed E-state index contributed by atoms with van der Waals surface area (Å²) >= 11 is 1.31. The number of aryl methyl sites for hydroxylation is 3. The van der Waals surface area contributed by atoms with Crippen LogP contribution in [0.1, 0.15) is 22.6 Å². The first-order valence-corrected chi connectivity index (χ1v) is 10.5. The third kappa shape index (κ3) is 4.33. The van der Waals surface area contributed by atoms with Crippen LogP contribution in [0.3, 0.4) is 0 Å². The molecule has 2 amide bonds. The van der Waals surface area contributed by atoms with Gasteiger partial charge in [0, 0.05) is 18.7 Å². The maximum Gasteiger partial charge on any atom is 0.231 e. The third-order valence-corrected chi connectivity index (χ3v) is 5.87. The Bertz CT molecular complexity index is 1090. The highest BCUT2D eigenvalue weighted by atomic mass is 32.1. The fraction of sp³-hybridized carbons (Fsp3) is 0.273. The van der Waals surface area contributed by atoms with Gasteiger partial charge in [0.25, 0.3) is 0 Å². The molecule has 0 spiro atoms. The van der Waals surface area contributed by atoms with Crippen LogP contribution in [-0.4, -0.2) is 28.6 Å². The fourth-order valence-corrected chi connectivity index (χ4v) is 3.89. The molecule has 7 nitrogen and oxygen atoms in total. The molecule has 3 aromatic rings. The molecule has 154 valence electrons. The van der Waals surface area contributed by atoms with E-state index in [4.69, 9.17) is 4.74 Å². The number of nitrogens with zero attached hydrogens (tertiary/aromatic N) is 3. The van der Waals surface area contributed by atoms with Crippen LogP contribution in [-0.2, 0) is 9.59 Å². The molecule has 4 rings (SSSR count). The van der Waals surface area contributed by atoms with Crippen molar-refractivity contribution in [3.05, 3.63) is 58.6 Å². The molecule has 0 bridgehead atoms. The molecular weight excluding hydrogens is 400 g/mol. The van der Waals surface area contributed by atoms with Gasteiger partial charge in [0.2, 0.25) is 16.9 Å². The van der Waals surface area contributed by atoms with Crippen LogP contribution in [0.25, 0.3) is 0 Å². The molecule has 1 atom stereocenters. The summed E-state index contributed by atoms with van der Waals surface area (Å²) in [7, 11) is 0. The summed E-state index contributed by atoms with van der Waals surface area (Å²) in [6.07, 6.45) is 0.171. The Morgan fingerprint density at radius 2 is 1.80 bits per heavy atom. The number of benzene rings is 2. The van der Waals surface area contributed by atoms with Crippen molar-refractivity contribution in [3.63, 3.8) is 0 Å². The zero-order valence-electron chi connectivity index (χ0n) is 17.0. The van der Waals surface area contributed by atoms with Crippen molar-refractivity contribution in [3.8, 4) is 11.5 Å². The van der Waals surface area contributed by atoms with Crippen LogP contribution in [0.2, 0.25) is 0 Å². The number of hydrogen-bond acceptors (Lipinski definition) is 6. The van der Waals surface area contributed by atoms with Crippen molar-refractivity contribution in [1.82, 2.24) is 10.2 Å². The molecule has 0 saturated carbocycles. The number of nitrogens with one attached hydrogen (secondary N) is 1. The summed E-state index contributed by atoms with van der Waals surface area (Å²) in [5.74, 6) is 0.748. The monoisotopic (exact) mass is 422 g/mol. The highest BCUT2D eigenvalue weighted by Crippen LogP contribution is 2.30. The van der Waals surface area contributed by atoms with Crippen LogP contribution in [0.15, 0.2) is 42.5 Å². The summed E-state index contributed by atoms with van der Waals surface area (Å²) in [5.41, 5.74) is 3.12. The predicted molar refractivity (Wildman–Crippen MR) is 116 cm³/mol. The van der Waals surface area contributed by atoms with Gasteiger partial charge in [0.05, 0.1) is 5.92 Å². The van der Waals surface area contributed by atoms with E-state index in [1.54, 1.807) is 4.90 Å². The molecule has 2 aromatic carbocycles. The number of carbonyl (C=O) groups is 2. The molecule has 1 aromatic heterocycles. The zero-order valence-corrected chi connectivity index (χ0v) is 17.8. The molecule has 0 aliphatic carbocycles. The second kappa shape index (κ2) is 8.23. The van der Waals surface area contributed by atoms with Crippen molar-refractivity contribution >= 4 is 34.0 Å². The van der Waals surface area contributed by atoms with E-state index in [1.165, 1.54) is 22.5 Å². The van der Waals surface area contributed by atoms with Gasteiger partial charge >= 0.3 is 0 Å². The van der Waals surface area contributed by atoms with Gasteiger partial charge in [-0.05, 0) is 68.3 Å². The van der Waals surface area contributed by atoms with Gasteiger partial charge in [-0.2, -0.15) is 0 Å². The lowest BCUT2D eigenvalue weighted by molar-refractivity contribution is -0.122. The van der Waals surface area contributed by atoms with Crippen molar-refractivity contribution in [1.29, 1.82) is 0 Å². The number of anilines is 2. The van der Waals surface area contributed by atoms with E-state index in [0.717, 1.165) is 16.4 Å². The van der Waals surface area contributed by atoms with Crippen LogP contribution in [0.5, 0.6) is 11.5 Å². The van der Waals surface area contributed by atoms with Gasteiger partial charge in [-0.3, -0.25) is 9.59 Å². The van der Waals surface area contributed by atoms with Crippen LogP contribution < -0.4 is 15.0 Å². The van der Waals surface area contributed by atoms with Crippen LogP contribution in [0, 0.1) is 26.7 Å². The van der Waals surface area contributed by atoms with Gasteiger partial charge in [-0.15, -0.1) is 10.2 Å². The third-order valence-electron chi connectivity index (χ3n) is 5.11. The predicted octanol–water partition coefficient (Wildman–Crippen LogP) is 4.25. The van der Waals surface area contributed by atoms with E-state index >= 15 is 0 Å². The van der Waals surface area contributed by atoms with E-state index in [-0.39, 0.29) is 18.2 Å². The Balaban J connectivity index is 1.40. The van der Waals surface area contributed by atoms with E-state index in [2.05, 4.69) is 22.4 Å². The topological polar surface area (TPSA) is 84.4 Å². The molecule has 1 N–H and O–H groups in total. The molecular formula is C22H22N4O3S. The fourth-order valence-electron chi connectivity index (χ4n) is 3.29. The Hall–Kier alpha value is -3.26. The molecule has 1 aliphatic heterocycles. The lowest BCUT2D eigenvalue weighted by atomic mass is 10.1. The van der Waals surface area contributed by atoms with E-state index in [0.29, 0.717) is 17.4 Å². The van der Waals surface area contributed by atoms with E-state index < -0.39 is 5.92 Å². The van der Waals surface area contributed by atoms with Crippen molar-refractivity contribution in [2.45, 2.75) is 27.2 Å². The summed E-state index contributed by atoms with van der Waals surface area (Å²) in [6, 6.07) is 13.3. The van der Waals surface area contributed by atoms with Gasteiger partial charge in [0.1, 0.15) is 16.5 Å². The average molecular weight is 423 g/mol. The first-order chi connectivity index (χ1) is 14.4. The Labute approximate surface area is 178 Å². The van der Waals surface area contributed by atoms with Gasteiger partial charge < -0.3 is 15.0 Å². The van der Waals surface area contributed by atoms with Crippen molar-refractivity contribution < 1.29 is 14.3 Å². The minimum Gasteiger partial charge on any atom is -0.457 e. The minimum atomic E-state index is -0.423. The molecule has 0 unspecified atom stereocenters. The average Bonchev–Trinajstić information content (AvgIpc) is 3.31.